The second kappa shape index (κ2) is 10.4. The topological polar surface area (TPSA) is 30.5 Å². The average molecular weight is 460 g/mol. The van der Waals surface area contributed by atoms with Crippen LogP contribution in [-0.4, -0.2) is 25.1 Å². The zero-order valence-electron chi connectivity index (χ0n) is 17.3. The summed E-state index contributed by atoms with van der Waals surface area (Å²) in [4.78, 5) is 0.824. The SMILES string of the molecule is FC(F)(F)Oc1ccc(SNC2CCOC(C(c3ccccc3)c3ccccc3)C2)cc1. The fourth-order valence-corrected chi connectivity index (χ4v) is 4.76. The molecule has 3 nitrogen and oxygen atoms in total. The van der Waals surface area contributed by atoms with Crippen molar-refractivity contribution in [3.63, 3.8) is 0 Å². The maximum Gasteiger partial charge on any atom is 0.573 e. The maximum atomic E-state index is 12.3. The monoisotopic (exact) mass is 459 g/mol. The molecule has 1 aliphatic rings. The van der Waals surface area contributed by atoms with Crippen molar-refractivity contribution in [2.45, 2.75) is 42.2 Å². The predicted molar refractivity (Wildman–Crippen MR) is 120 cm³/mol. The molecule has 32 heavy (non-hydrogen) atoms. The molecule has 2 atom stereocenters. The number of hydrogen-bond acceptors (Lipinski definition) is 4. The van der Waals surface area contributed by atoms with E-state index in [1.807, 2.05) is 36.4 Å². The molecule has 1 saturated heterocycles. The molecule has 168 valence electrons. The van der Waals surface area contributed by atoms with Gasteiger partial charge < -0.3 is 9.47 Å². The van der Waals surface area contributed by atoms with E-state index in [2.05, 4.69) is 33.7 Å². The molecule has 1 heterocycles. The Balaban J connectivity index is 1.41. The Morgan fingerprint density at radius 2 is 1.47 bits per heavy atom. The molecule has 1 N–H and O–H groups in total. The van der Waals surface area contributed by atoms with Crippen LogP contribution in [0.4, 0.5) is 13.2 Å². The van der Waals surface area contributed by atoms with Crippen molar-refractivity contribution in [2.24, 2.45) is 0 Å². The van der Waals surface area contributed by atoms with Crippen molar-refractivity contribution < 1.29 is 22.6 Å². The number of rotatable bonds is 7. The van der Waals surface area contributed by atoms with Crippen LogP contribution in [0.3, 0.4) is 0 Å². The third kappa shape index (κ3) is 6.28. The number of ether oxygens (including phenoxy) is 2. The molecule has 1 fully saturated rings. The van der Waals surface area contributed by atoms with E-state index in [1.165, 1.54) is 35.2 Å². The summed E-state index contributed by atoms with van der Waals surface area (Å²) in [6, 6.07) is 26.9. The fourth-order valence-electron chi connectivity index (χ4n) is 3.97. The highest BCUT2D eigenvalue weighted by Crippen LogP contribution is 2.35. The number of benzene rings is 3. The van der Waals surface area contributed by atoms with Gasteiger partial charge in [-0.15, -0.1) is 13.2 Å². The molecule has 4 rings (SSSR count). The van der Waals surface area contributed by atoms with Gasteiger partial charge in [0.1, 0.15) is 5.75 Å². The Morgan fingerprint density at radius 1 is 0.875 bits per heavy atom. The zero-order valence-corrected chi connectivity index (χ0v) is 18.1. The van der Waals surface area contributed by atoms with E-state index in [-0.39, 0.29) is 23.8 Å². The summed E-state index contributed by atoms with van der Waals surface area (Å²) in [6.45, 7) is 0.650. The van der Waals surface area contributed by atoms with E-state index in [9.17, 15) is 13.2 Å². The summed E-state index contributed by atoms with van der Waals surface area (Å²) >= 11 is 1.42. The van der Waals surface area contributed by atoms with Crippen molar-refractivity contribution in [1.29, 1.82) is 0 Å². The Bertz CT molecular complexity index is 928. The standard InChI is InChI=1S/C25H24F3NO2S/c26-25(27,28)31-21-11-13-22(14-12-21)32-29-20-15-16-30-23(17-20)24(18-7-3-1-4-8-18)19-9-5-2-6-10-19/h1-14,20,23-24,29H,15-17H2. The van der Waals surface area contributed by atoms with Crippen molar-refractivity contribution in [3.8, 4) is 5.75 Å². The summed E-state index contributed by atoms with van der Waals surface area (Å²) in [7, 11) is 0. The highest BCUT2D eigenvalue weighted by molar-refractivity contribution is 7.97. The van der Waals surface area contributed by atoms with Gasteiger partial charge in [0.05, 0.1) is 6.10 Å². The minimum absolute atomic E-state index is 0.0224. The van der Waals surface area contributed by atoms with Gasteiger partial charge in [0.15, 0.2) is 0 Å². The largest absolute Gasteiger partial charge is 0.573 e. The Morgan fingerprint density at radius 3 is 2.03 bits per heavy atom. The quantitative estimate of drug-likeness (QED) is 0.405. The minimum atomic E-state index is -4.68. The van der Waals surface area contributed by atoms with Crippen molar-refractivity contribution in [2.75, 3.05) is 6.61 Å². The van der Waals surface area contributed by atoms with Gasteiger partial charge in [-0.3, -0.25) is 4.72 Å². The first-order valence-electron chi connectivity index (χ1n) is 10.5. The van der Waals surface area contributed by atoms with Crippen LogP contribution >= 0.6 is 11.9 Å². The molecule has 0 spiro atoms. The van der Waals surface area contributed by atoms with Crippen LogP contribution in [0, 0.1) is 0 Å². The van der Waals surface area contributed by atoms with Gasteiger partial charge in [0.25, 0.3) is 0 Å². The summed E-state index contributed by atoms with van der Waals surface area (Å²) in [5, 5.41) is 0. The molecular formula is C25H24F3NO2S. The Kier molecular flexibility index (Phi) is 7.40. The average Bonchev–Trinajstić information content (AvgIpc) is 2.80. The van der Waals surface area contributed by atoms with Gasteiger partial charge in [0, 0.05) is 23.5 Å². The molecule has 3 aromatic rings. The number of nitrogens with one attached hydrogen (secondary N) is 1. The fraction of sp³-hybridized carbons (Fsp3) is 0.280. The third-order valence-electron chi connectivity index (χ3n) is 5.40. The lowest BCUT2D eigenvalue weighted by molar-refractivity contribution is -0.274. The molecule has 3 aromatic carbocycles. The van der Waals surface area contributed by atoms with Crippen LogP contribution in [0.25, 0.3) is 0 Å². The normalized spacial score (nSPS) is 19.1. The first-order chi connectivity index (χ1) is 15.5. The molecular weight excluding hydrogens is 435 g/mol. The number of hydrogen-bond donors (Lipinski definition) is 1. The van der Waals surface area contributed by atoms with Crippen LogP contribution in [-0.2, 0) is 4.74 Å². The van der Waals surface area contributed by atoms with Gasteiger partial charge in [-0.25, -0.2) is 0 Å². The second-order valence-corrected chi connectivity index (χ2v) is 8.58. The van der Waals surface area contributed by atoms with Crippen LogP contribution in [0.2, 0.25) is 0 Å². The summed E-state index contributed by atoms with van der Waals surface area (Å²) in [5.41, 5.74) is 2.44. The van der Waals surface area contributed by atoms with Crippen LogP contribution in [0.1, 0.15) is 29.9 Å². The van der Waals surface area contributed by atoms with E-state index < -0.39 is 6.36 Å². The molecule has 0 bridgehead atoms. The van der Waals surface area contributed by atoms with E-state index >= 15 is 0 Å². The zero-order chi connectivity index (χ0) is 22.4. The van der Waals surface area contributed by atoms with E-state index in [1.54, 1.807) is 12.1 Å². The van der Waals surface area contributed by atoms with Gasteiger partial charge >= 0.3 is 6.36 Å². The molecule has 2 unspecified atom stereocenters. The number of halogens is 3. The lowest BCUT2D eigenvalue weighted by atomic mass is 9.83. The highest BCUT2D eigenvalue weighted by atomic mass is 32.2. The van der Waals surface area contributed by atoms with Crippen LogP contribution in [0.15, 0.2) is 89.8 Å². The lowest BCUT2D eigenvalue weighted by Crippen LogP contribution is -2.39. The summed E-state index contributed by atoms with van der Waals surface area (Å²) in [6.07, 6.45) is -2.96. The van der Waals surface area contributed by atoms with Gasteiger partial charge in [-0.1, -0.05) is 60.7 Å². The summed E-state index contributed by atoms with van der Waals surface area (Å²) in [5.74, 6) is -0.0904. The lowest BCUT2D eigenvalue weighted by Gasteiger charge is -2.35. The highest BCUT2D eigenvalue weighted by Gasteiger charge is 2.32. The van der Waals surface area contributed by atoms with Crippen LogP contribution < -0.4 is 9.46 Å². The van der Waals surface area contributed by atoms with Crippen LogP contribution in [0.5, 0.6) is 5.75 Å². The first-order valence-corrected chi connectivity index (χ1v) is 11.3. The molecule has 0 amide bonds. The molecule has 1 aliphatic heterocycles. The maximum absolute atomic E-state index is 12.3. The molecule has 0 saturated carbocycles. The molecule has 0 aromatic heterocycles. The van der Waals surface area contributed by atoms with Gasteiger partial charge in [-0.05, 0) is 60.2 Å². The molecule has 7 heteroatoms. The Labute approximate surface area is 190 Å². The van der Waals surface area contributed by atoms with Gasteiger partial charge in [0.2, 0.25) is 0 Å². The predicted octanol–water partition coefficient (Wildman–Crippen LogP) is 6.56. The van der Waals surface area contributed by atoms with Crippen molar-refractivity contribution >= 4 is 11.9 Å². The molecule has 0 aliphatic carbocycles. The third-order valence-corrected chi connectivity index (χ3v) is 6.36. The first kappa shape index (κ1) is 22.7. The van der Waals surface area contributed by atoms with E-state index in [4.69, 9.17) is 4.74 Å². The van der Waals surface area contributed by atoms with Crippen molar-refractivity contribution in [1.82, 2.24) is 4.72 Å². The van der Waals surface area contributed by atoms with E-state index in [0.717, 1.165) is 17.7 Å². The van der Waals surface area contributed by atoms with Crippen molar-refractivity contribution in [3.05, 3.63) is 96.1 Å². The molecule has 0 radical (unpaired) electrons. The second-order valence-electron chi connectivity index (χ2n) is 7.67. The number of alkyl halides is 3. The minimum Gasteiger partial charge on any atom is -0.406 e. The Hall–Kier alpha value is -2.48. The summed E-state index contributed by atoms with van der Waals surface area (Å²) < 4.78 is 50.6. The van der Waals surface area contributed by atoms with Gasteiger partial charge in [-0.2, -0.15) is 0 Å². The smallest absolute Gasteiger partial charge is 0.406 e. The van der Waals surface area contributed by atoms with E-state index in [0.29, 0.717) is 6.61 Å².